The van der Waals surface area contributed by atoms with Gasteiger partial charge < -0.3 is 39.9 Å². The number of carbonyl (C=O) groups is 2. The van der Waals surface area contributed by atoms with Crippen LogP contribution in [0.15, 0.2) is 36.7 Å². The molecule has 0 unspecified atom stereocenters. The number of anilines is 1. The lowest BCUT2D eigenvalue weighted by atomic mass is 9.94. The highest BCUT2D eigenvalue weighted by Gasteiger charge is 2.49. The van der Waals surface area contributed by atoms with Gasteiger partial charge >= 0.3 is 11.9 Å². The second-order valence-corrected chi connectivity index (χ2v) is 10.0. The maximum absolute atomic E-state index is 12.2. The summed E-state index contributed by atoms with van der Waals surface area (Å²) in [4.78, 5) is 39.1. The molecular weight excluding hydrogens is 574 g/mol. The molecule has 1 aliphatic heterocycles. The number of aliphatic carboxylic acids is 2. The maximum atomic E-state index is 12.2. The van der Waals surface area contributed by atoms with Gasteiger partial charge in [-0.1, -0.05) is 36.3 Å². The lowest BCUT2D eigenvalue weighted by Crippen LogP contribution is -2.52. The van der Waals surface area contributed by atoms with Crippen molar-refractivity contribution in [1.82, 2.24) is 19.5 Å². The number of nitrogens with zero attached hydrogens (tertiary/aromatic N) is 5. The summed E-state index contributed by atoms with van der Waals surface area (Å²) in [5, 5.41) is 50.1. The third-order valence-corrected chi connectivity index (χ3v) is 7.16. The Kier molecular flexibility index (Phi) is 9.94. The van der Waals surface area contributed by atoms with Crippen LogP contribution in [-0.4, -0.2) is 107 Å². The number of terminal acetylenes is 1. The molecule has 1 aliphatic rings. The van der Waals surface area contributed by atoms with Gasteiger partial charge in [0.15, 0.2) is 29.3 Å². The summed E-state index contributed by atoms with van der Waals surface area (Å²) in [6, 6.07) is 7.85. The van der Waals surface area contributed by atoms with Crippen LogP contribution in [0.4, 0.5) is 5.82 Å². The molecule has 0 bridgehead atoms. The molecule has 4 rings (SSSR count). The number of imidazole rings is 1. The summed E-state index contributed by atoms with van der Waals surface area (Å²) in [5.74, 6) is -0.997. The van der Waals surface area contributed by atoms with Crippen molar-refractivity contribution in [1.29, 1.82) is 0 Å². The third kappa shape index (κ3) is 6.31. The molecule has 1 saturated heterocycles. The lowest BCUT2D eigenvalue weighted by Gasteiger charge is -2.30. The average Bonchev–Trinajstić information content (AvgIpc) is 3.63. The molecule has 0 saturated carbocycles. The van der Waals surface area contributed by atoms with E-state index in [2.05, 4.69) is 20.9 Å². The standard InChI is InChI=1S/C27H30ClN5O9/c1-2-19(36)23(33-15-29-20-21(30-26(28)31-22(20)33)32-10-6-9-17(32)12-34)42-18(13-35)14-41-27(24(37)38,25(39)40)11-16-7-4-3-5-8-16/h1,3-5,7-8,15,17-19,23,34-36H,6,9-14H2,(H,37,38)(H,39,40)/t17-,18+,19-,23-/m1/s1. The molecule has 5 N–H and O–H groups in total. The molecule has 2 aromatic heterocycles. The number of aliphatic hydroxyl groups excluding tert-OH is 3. The first-order valence-corrected chi connectivity index (χ1v) is 13.4. The maximum Gasteiger partial charge on any atom is 0.348 e. The van der Waals surface area contributed by atoms with E-state index in [1.807, 2.05) is 4.90 Å². The number of carboxylic acid groups (broad SMARTS) is 2. The zero-order valence-corrected chi connectivity index (χ0v) is 23.0. The van der Waals surface area contributed by atoms with E-state index in [1.165, 1.54) is 10.9 Å². The third-order valence-electron chi connectivity index (χ3n) is 6.99. The topological polar surface area (TPSA) is 201 Å². The number of carboxylic acids is 2. The van der Waals surface area contributed by atoms with Crippen LogP contribution < -0.4 is 4.90 Å². The molecule has 0 aliphatic carbocycles. The molecule has 0 spiro atoms. The minimum atomic E-state index is -2.70. The van der Waals surface area contributed by atoms with Gasteiger partial charge in [-0.25, -0.2) is 14.6 Å². The summed E-state index contributed by atoms with van der Waals surface area (Å²) in [5.41, 5.74) is -1.90. The predicted molar refractivity (Wildman–Crippen MR) is 148 cm³/mol. The zero-order chi connectivity index (χ0) is 30.4. The van der Waals surface area contributed by atoms with Crippen molar-refractivity contribution >= 4 is 40.5 Å². The average molecular weight is 604 g/mol. The van der Waals surface area contributed by atoms with Gasteiger partial charge in [-0.15, -0.1) is 6.42 Å². The minimum absolute atomic E-state index is 0.109. The number of hydrogen-bond donors (Lipinski definition) is 5. The minimum Gasteiger partial charge on any atom is -0.479 e. The van der Waals surface area contributed by atoms with Crippen molar-refractivity contribution in [3.8, 4) is 12.3 Å². The van der Waals surface area contributed by atoms with Crippen LogP contribution in [-0.2, 0) is 25.5 Å². The van der Waals surface area contributed by atoms with Crippen LogP contribution in [0.3, 0.4) is 0 Å². The molecule has 1 aromatic carbocycles. The first-order chi connectivity index (χ1) is 20.1. The van der Waals surface area contributed by atoms with Crippen molar-refractivity contribution in [2.45, 2.75) is 49.3 Å². The SMILES string of the molecule is C#C[C@@H](O)[C@@H](O[C@@H](CO)COC(Cc1ccccc1)(C(=O)O)C(=O)O)n1cnc2c(N3CCC[C@@H]3CO)nc(Cl)nc21. The normalized spacial score (nSPS) is 17.6. The van der Waals surface area contributed by atoms with Gasteiger partial charge in [-0.2, -0.15) is 9.97 Å². The predicted octanol–water partition coefficient (Wildman–Crippen LogP) is 0.478. The zero-order valence-electron chi connectivity index (χ0n) is 22.3. The molecule has 15 heteroatoms. The molecule has 0 amide bonds. The van der Waals surface area contributed by atoms with E-state index in [0.717, 1.165) is 12.8 Å². The number of benzene rings is 1. The van der Waals surface area contributed by atoms with Crippen LogP contribution in [0.5, 0.6) is 0 Å². The van der Waals surface area contributed by atoms with Crippen LogP contribution in [0.25, 0.3) is 11.2 Å². The second-order valence-electron chi connectivity index (χ2n) is 9.67. The molecule has 42 heavy (non-hydrogen) atoms. The highest BCUT2D eigenvalue weighted by atomic mass is 35.5. The number of fused-ring (bicyclic) bond motifs is 1. The highest BCUT2D eigenvalue weighted by molar-refractivity contribution is 6.28. The summed E-state index contributed by atoms with van der Waals surface area (Å²) in [6.07, 6.45) is 3.38. The van der Waals surface area contributed by atoms with Gasteiger partial charge in [0, 0.05) is 13.0 Å². The molecule has 0 radical (unpaired) electrons. The Hall–Kier alpha value is -3.84. The Morgan fingerprint density at radius 3 is 2.52 bits per heavy atom. The van der Waals surface area contributed by atoms with Crippen LogP contribution in [0.1, 0.15) is 24.6 Å². The Morgan fingerprint density at radius 2 is 1.90 bits per heavy atom. The van der Waals surface area contributed by atoms with E-state index >= 15 is 0 Å². The number of aliphatic hydroxyl groups is 3. The fraction of sp³-hybridized carbons (Fsp3) is 0.444. The Labute approximate surface area is 245 Å². The van der Waals surface area contributed by atoms with Gasteiger partial charge in [-0.3, -0.25) is 4.57 Å². The van der Waals surface area contributed by atoms with E-state index in [1.54, 1.807) is 30.3 Å². The number of ether oxygens (including phenoxy) is 2. The number of halogens is 1. The fourth-order valence-corrected chi connectivity index (χ4v) is 4.97. The molecule has 3 heterocycles. The Balaban J connectivity index is 1.63. The molecule has 14 nitrogen and oxygen atoms in total. The van der Waals surface area contributed by atoms with Crippen LogP contribution in [0.2, 0.25) is 5.28 Å². The number of hydrogen-bond acceptors (Lipinski definition) is 11. The summed E-state index contributed by atoms with van der Waals surface area (Å²) in [7, 11) is 0. The molecule has 1 fully saturated rings. The lowest BCUT2D eigenvalue weighted by molar-refractivity contribution is -0.195. The van der Waals surface area contributed by atoms with E-state index in [-0.39, 0.29) is 29.1 Å². The number of rotatable bonds is 14. The summed E-state index contributed by atoms with van der Waals surface area (Å²) >= 11 is 6.23. The van der Waals surface area contributed by atoms with Gasteiger partial charge in [-0.05, 0) is 30.0 Å². The fourth-order valence-electron chi connectivity index (χ4n) is 4.81. The van der Waals surface area contributed by atoms with Crippen LogP contribution >= 0.6 is 11.6 Å². The highest BCUT2D eigenvalue weighted by Crippen LogP contribution is 2.32. The van der Waals surface area contributed by atoms with Crippen molar-refractivity contribution in [3.63, 3.8) is 0 Å². The quantitative estimate of drug-likeness (QED) is 0.0968. The summed E-state index contributed by atoms with van der Waals surface area (Å²) in [6.45, 7) is -0.972. The molecule has 3 aromatic rings. The number of aromatic nitrogens is 4. The molecule has 4 atom stereocenters. The first kappa shape index (κ1) is 31.1. The molecular formula is C27H30ClN5O9. The van der Waals surface area contributed by atoms with Crippen LogP contribution in [0, 0.1) is 12.3 Å². The Morgan fingerprint density at radius 1 is 1.19 bits per heavy atom. The second kappa shape index (κ2) is 13.4. The largest absolute Gasteiger partial charge is 0.479 e. The van der Waals surface area contributed by atoms with Gasteiger partial charge in [0.1, 0.15) is 6.10 Å². The van der Waals surface area contributed by atoms with Crippen molar-refractivity contribution < 1.29 is 44.6 Å². The van der Waals surface area contributed by atoms with E-state index in [0.29, 0.717) is 17.9 Å². The molecule has 224 valence electrons. The van der Waals surface area contributed by atoms with Gasteiger partial charge in [0.25, 0.3) is 5.60 Å². The monoisotopic (exact) mass is 603 g/mol. The van der Waals surface area contributed by atoms with E-state index < -0.39 is 55.6 Å². The van der Waals surface area contributed by atoms with E-state index in [4.69, 9.17) is 27.5 Å². The summed E-state index contributed by atoms with van der Waals surface area (Å²) < 4.78 is 12.6. The van der Waals surface area contributed by atoms with Crippen molar-refractivity contribution in [2.75, 3.05) is 31.3 Å². The van der Waals surface area contributed by atoms with E-state index in [9.17, 15) is 35.1 Å². The Bertz CT molecular complexity index is 1430. The van der Waals surface area contributed by atoms with Gasteiger partial charge in [0.05, 0.1) is 32.2 Å². The van der Waals surface area contributed by atoms with Crippen molar-refractivity contribution in [3.05, 3.63) is 47.5 Å². The van der Waals surface area contributed by atoms with Crippen molar-refractivity contribution in [2.24, 2.45) is 0 Å². The smallest absolute Gasteiger partial charge is 0.348 e. The van der Waals surface area contributed by atoms with Gasteiger partial charge in [0.2, 0.25) is 5.28 Å². The first-order valence-electron chi connectivity index (χ1n) is 13.0.